The Kier molecular flexibility index (Phi) is 3.20. The zero-order valence-electron chi connectivity index (χ0n) is 8.62. The molecule has 5 heteroatoms. The lowest BCUT2D eigenvalue weighted by Gasteiger charge is -2.13. The Morgan fingerprint density at radius 1 is 1.00 bits per heavy atom. The second-order valence-corrected chi connectivity index (χ2v) is 4.14. The molecule has 2 aliphatic heterocycles. The molecule has 5 nitrogen and oxygen atoms in total. The molecule has 0 radical (unpaired) electrons. The Morgan fingerprint density at radius 3 is 1.80 bits per heavy atom. The van der Waals surface area contributed by atoms with E-state index in [9.17, 15) is 9.59 Å². The van der Waals surface area contributed by atoms with E-state index >= 15 is 0 Å². The lowest BCUT2D eigenvalue weighted by molar-refractivity contribution is -0.120. The summed E-state index contributed by atoms with van der Waals surface area (Å²) in [5.41, 5.74) is 0. The van der Waals surface area contributed by atoms with E-state index in [0.717, 1.165) is 12.8 Å². The molecule has 84 valence electrons. The van der Waals surface area contributed by atoms with Crippen LogP contribution in [0.5, 0.6) is 0 Å². The number of ether oxygens (including phenoxy) is 1. The second-order valence-electron chi connectivity index (χ2n) is 4.14. The van der Waals surface area contributed by atoms with E-state index < -0.39 is 0 Å². The quantitative estimate of drug-likeness (QED) is 0.664. The molecule has 0 aromatic carbocycles. The highest BCUT2D eigenvalue weighted by Gasteiger charge is 2.23. The van der Waals surface area contributed by atoms with Gasteiger partial charge in [0.2, 0.25) is 11.8 Å². The normalized spacial score (nSPS) is 30.4. The van der Waals surface area contributed by atoms with Crippen LogP contribution in [0.25, 0.3) is 0 Å². The molecular formula is C10H16N2O3. The van der Waals surface area contributed by atoms with Crippen molar-refractivity contribution in [3.63, 3.8) is 0 Å². The lowest BCUT2D eigenvalue weighted by Crippen LogP contribution is -2.34. The van der Waals surface area contributed by atoms with Gasteiger partial charge in [0.25, 0.3) is 0 Å². The summed E-state index contributed by atoms with van der Waals surface area (Å²) in [4.78, 5) is 21.8. The highest BCUT2D eigenvalue weighted by Crippen LogP contribution is 2.09. The first kappa shape index (κ1) is 10.4. The Hall–Kier alpha value is -1.10. The fraction of sp³-hybridized carbons (Fsp3) is 0.800. The molecule has 0 spiro atoms. The van der Waals surface area contributed by atoms with Crippen molar-refractivity contribution in [3.05, 3.63) is 0 Å². The van der Waals surface area contributed by atoms with Gasteiger partial charge in [0.1, 0.15) is 0 Å². The van der Waals surface area contributed by atoms with Gasteiger partial charge >= 0.3 is 0 Å². The fourth-order valence-electron chi connectivity index (χ4n) is 1.96. The number of carbonyl (C=O) groups is 2. The zero-order chi connectivity index (χ0) is 10.7. The number of hydrogen-bond donors (Lipinski definition) is 2. The predicted molar refractivity (Wildman–Crippen MR) is 53.1 cm³/mol. The zero-order valence-corrected chi connectivity index (χ0v) is 8.62. The van der Waals surface area contributed by atoms with Gasteiger partial charge in [-0.05, 0) is 12.8 Å². The van der Waals surface area contributed by atoms with Crippen molar-refractivity contribution in [2.45, 2.75) is 37.8 Å². The molecule has 0 saturated carbocycles. The maximum Gasteiger partial charge on any atom is 0.220 e. The predicted octanol–water partition coefficient (Wildman–Crippen LogP) is -0.440. The van der Waals surface area contributed by atoms with Crippen molar-refractivity contribution in [1.82, 2.24) is 10.6 Å². The molecule has 0 aromatic heterocycles. The van der Waals surface area contributed by atoms with E-state index in [-0.39, 0.29) is 23.9 Å². The molecule has 0 aliphatic carbocycles. The third-order valence-electron chi connectivity index (χ3n) is 2.81. The molecule has 0 aromatic rings. The van der Waals surface area contributed by atoms with Crippen molar-refractivity contribution >= 4 is 11.8 Å². The van der Waals surface area contributed by atoms with Crippen LogP contribution in [0.1, 0.15) is 25.7 Å². The maximum absolute atomic E-state index is 10.9. The number of rotatable bonds is 4. The molecule has 0 bridgehead atoms. The minimum absolute atomic E-state index is 0.109. The van der Waals surface area contributed by atoms with E-state index in [4.69, 9.17) is 4.74 Å². The van der Waals surface area contributed by atoms with E-state index in [1.54, 1.807) is 0 Å². The van der Waals surface area contributed by atoms with Crippen LogP contribution in [-0.2, 0) is 14.3 Å². The fourth-order valence-corrected chi connectivity index (χ4v) is 1.96. The van der Waals surface area contributed by atoms with Gasteiger partial charge in [0.15, 0.2) is 0 Å². The largest absolute Gasteiger partial charge is 0.377 e. The maximum atomic E-state index is 10.9. The van der Waals surface area contributed by atoms with Gasteiger partial charge in [-0.2, -0.15) is 0 Å². The first-order valence-corrected chi connectivity index (χ1v) is 5.40. The van der Waals surface area contributed by atoms with Crippen LogP contribution >= 0.6 is 0 Å². The Bertz CT molecular complexity index is 241. The summed E-state index contributed by atoms with van der Waals surface area (Å²) in [6.45, 7) is 1.11. The Morgan fingerprint density at radius 2 is 1.47 bits per heavy atom. The smallest absolute Gasteiger partial charge is 0.220 e. The van der Waals surface area contributed by atoms with Crippen molar-refractivity contribution in [3.8, 4) is 0 Å². The summed E-state index contributed by atoms with van der Waals surface area (Å²) in [5, 5.41) is 5.67. The molecule has 2 aliphatic rings. The van der Waals surface area contributed by atoms with Gasteiger partial charge in [-0.25, -0.2) is 0 Å². The van der Waals surface area contributed by atoms with E-state index in [2.05, 4.69) is 10.6 Å². The monoisotopic (exact) mass is 212 g/mol. The number of carbonyl (C=O) groups excluding carboxylic acids is 2. The van der Waals surface area contributed by atoms with Gasteiger partial charge in [0, 0.05) is 12.8 Å². The molecule has 15 heavy (non-hydrogen) atoms. The van der Waals surface area contributed by atoms with Gasteiger partial charge in [-0.15, -0.1) is 0 Å². The molecule has 2 unspecified atom stereocenters. The third-order valence-corrected chi connectivity index (χ3v) is 2.81. The van der Waals surface area contributed by atoms with Gasteiger partial charge in [0.05, 0.1) is 25.3 Å². The van der Waals surface area contributed by atoms with Gasteiger partial charge in [-0.3, -0.25) is 9.59 Å². The summed E-state index contributed by atoms with van der Waals surface area (Å²) in [7, 11) is 0. The summed E-state index contributed by atoms with van der Waals surface area (Å²) in [6.07, 6.45) is 2.92. The van der Waals surface area contributed by atoms with Crippen LogP contribution < -0.4 is 10.6 Å². The topological polar surface area (TPSA) is 67.4 Å². The highest BCUT2D eigenvalue weighted by molar-refractivity contribution is 5.78. The molecule has 2 amide bonds. The van der Waals surface area contributed by atoms with Crippen LogP contribution in [0.15, 0.2) is 0 Å². The first-order valence-electron chi connectivity index (χ1n) is 5.40. The van der Waals surface area contributed by atoms with Crippen LogP contribution in [0.4, 0.5) is 0 Å². The summed E-state index contributed by atoms with van der Waals surface area (Å²) < 4.78 is 5.47. The SMILES string of the molecule is O=C1CCC(COCC2CCC(=O)N2)N1. The highest BCUT2D eigenvalue weighted by atomic mass is 16.5. The van der Waals surface area contributed by atoms with Crippen molar-refractivity contribution in [2.24, 2.45) is 0 Å². The van der Waals surface area contributed by atoms with Crippen molar-refractivity contribution < 1.29 is 14.3 Å². The van der Waals surface area contributed by atoms with Crippen LogP contribution in [0, 0.1) is 0 Å². The minimum Gasteiger partial charge on any atom is -0.377 e. The Labute approximate surface area is 88.5 Å². The minimum atomic E-state index is 0.109. The van der Waals surface area contributed by atoms with Gasteiger partial charge < -0.3 is 15.4 Å². The number of nitrogens with one attached hydrogen (secondary N) is 2. The second kappa shape index (κ2) is 4.61. The van der Waals surface area contributed by atoms with E-state index in [0.29, 0.717) is 26.1 Å². The lowest BCUT2D eigenvalue weighted by atomic mass is 10.2. The van der Waals surface area contributed by atoms with Crippen molar-refractivity contribution in [2.75, 3.05) is 13.2 Å². The number of hydrogen-bond acceptors (Lipinski definition) is 3. The Balaban J connectivity index is 1.59. The van der Waals surface area contributed by atoms with E-state index in [1.807, 2.05) is 0 Å². The summed E-state index contributed by atoms with van der Waals surface area (Å²) >= 11 is 0. The first-order chi connectivity index (χ1) is 7.24. The molecule has 2 rings (SSSR count). The summed E-state index contributed by atoms with van der Waals surface area (Å²) in [5.74, 6) is 0.218. The van der Waals surface area contributed by atoms with E-state index in [1.165, 1.54) is 0 Å². The van der Waals surface area contributed by atoms with Crippen LogP contribution in [-0.4, -0.2) is 37.1 Å². The molecule has 2 N–H and O–H groups in total. The summed E-state index contributed by atoms with van der Waals surface area (Å²) in [6, 6.07) is 0.323. The average Bonchev–Trinajstić information content (AvgIpc) is 2.76. The standard InChI is InChI=1S/C10H16N2O3/c13-9-3-1-7(11-9)5-15-6-8-2-4-10(14)12-8/h7-8H,1-6H2,(H,11,13)(H,12,14). The molecular weight excluding hydrogens is 196 g/mol. The average molecular weight is 212 g/mol. The molecule has 2 atom stereocenters. The van der Waals surface area contributed by atoms with Crippen molar-refractivity contribution in [1.29, 1.82) is 0 Å². The van der Waals surface area contributed by atoms with Gasteiger partial charge in [-0.1, -0.05) is 0 Å². The van der Waals surface area contributed by atoms with Crippen LogP contribution in [0.3, 0.4) is 0 Å². The van der Waals surface area contributed by atoms with Crippen LogP contribution in [0.2, 0.25) is 0 Å². The molecule has 2 saturated heterocycles. The molecule has 2 fully saturated rings. The molecule has 2 heterocycles. The number of amides is 2. The third kappa shape index (κ3) is 2.92.